The maximum atomic E-state index is 9.04. The molecule has 1 atom stereocenters. The van der Waals surface area contributed by atoms with Crippen LogP contribution in [0, 0.1) is 0 Å². The largest absolute Gasteiger partial charge is 0.490 e. The van der Waals surface area contributed by atoms with Crippen molar-refractivity contribution in [2.75, 3.05) is 24.8 Å². The number of nitrogens with one attached hydrogen (secondary N) is 1. The van der Waals surface area contributed by atoms with E-state index in [9.17, 15) is 0 Å². The van der Waals surface area contributed by atoms with Crippen molar-refractivity contribution in [1.29, 1.82) is 0 Å². The van der Waals surface area contributed by atoms with Crippen LogP contribution in [0.25, 0.3) is 0 Å². The van der Waals surface area contributed by atoms with Gasteiger partial charge in [-0.1, -0.05) is 6.92 Å². The minimum Gasteiger partial charge on any atom is -0.490 e. The summed E-state index contributed by atoms with van der Waals surface area (Å²) in [5, 5.41) is 12.1. The van der Waals surface area contributed by atoms with Crippen LogP contribution >= 0.6 is 0 Å². The number of aliphatic hydroxyl groups excluding tert-OH is 1. The molecule has 0 aliphatic heterocycles. The summed E-state index contributed by atoms with van der Waals surface area (Å²) in [5.74, 6) is 1.19. The normalized spacial score (nSPS) is 12.2. The maximum absolute atomic E-state index is 9.04. The zero-order chi connectivity index (χ0) is 11.3. The fraction of sp³-hybridized carbons (Fsp3) is 0.556. The third-order valence-electron chi connectivity index (χ3n) is 2.09. The minimum absolute atomic E-state index is 0.0313. The summed E-state index contributed by atoms with van der Waals surface area (Å²) in [6.07, 6.45) is 2.13. The first-order valence-electron chi connectivity index (χ1n) is 4.74. The Bertz CT molecular complexity index is 315. The van der Waals surface area contributed by atoms with E-state index >= 15 is 0 Å². The number of methoxy groups -OCH3 is 1. The van der Waals surface area contributed by atoms with Gasteiger partial charge in [0.15, 0.2) is 11.6 Å². The van der Waals surface area contributed by atoms with Gasteiger partial charge in [-0.3, -0.25) is 0 Å². The molecular weight excluding hydrogens is 196 g/mol. The number of hydrogen-bond donors (Lipinski definition) is 3. The number of aliphatic hydroxyl groups is 1. The molecule has 1 aromatic heterocycles. The highest BCUT2D eigenvalue weighted by Gasteiger charge is 2.12. The predicted molar refractivity (Wildman–Crippen MR) is 57.8 cm³/mol. The standard InChI is InChI=1S/C9H16N4O2/c1-3-6(4-14)13-9-7(15-2)8(10)11-5-12-9/h5-6,14H,3-4H2,1-2H3,(H3,10,11,12,13). The molecule has 1 rings (SSSR count). The van der Waals surface area contributed by atoms with Crippen LogP contribution in [-0.2, 0) is 0 Å². The highest BCUT2D eigenvalue weighted by atomic mass is 16.5. The molecule has 0 bridgehead atoms. The molecule has 0 saturated heterocycles. The third kappa shape index (κ3) is 2.69. The van der Waals surface area contributed by atoms with E-state index in [1.54, 1.807) is 0 Å². The molecule has 0 aromatic carbocycles. The van der Waals surface area contributed by atoms with Gasteiger partial charge in [-0.2, -0.15) is 0 Å². The Balaban J connectivity index is 2.88. The quantitative estimate of drug-likeness (QED) is 0.647. The lowest BCUT2D eigenvalue weighted by Gasteiger charge is -2.16. The van der Waals surface area contributed by atoms with Crippen molar-refractivity contribution >= 4 is 11.6 Å². The molecule has 1 aromatic rings. The molecule has 84 valence electrons. The monoisotopic (exact) mass is 212 g/mol. The predicted octanol–water partition coefficient (Wildman–Crippen LogP) is 0.250. The highest BCUT2D eigenvalue weighted by molar-refractivity contribution is 5.61. The fourth-order valence-corrected chi connectivity index (χ4v) is 1.16. The molecule has 6 nitrogen and oxygen atoms in total. The van der Waals surface area contributed by atoms with E-state index in [0.717, 1.165) is 6.42 Å². The molecular formula is C9H16N4O2. The highest BCUT2D eigenvalue weighted by Crippen LogP contribution is 2.26. The Labute approximate surface area is 88.5 Å². The van der Waals surface area contributed by atoms with E-state index in [1.807, 2.05) is 6.92 Å². The summed E-state index contributed by atoms with van der Waals surface area (Å²) in [5.41, 5.74) is 5.61. The summed E-state index contributed by atoms with van der Waals surface area (Å²) in [7, 11) is 1.50. The number of ether oxygens (including phenoxy) is 1. The van der Waals surface area contributed by atoms with Crippen molar-refractivity contribution in [1.82, 2.24) is 9.97 Å². The molecule has 0 aliphatic carbocycles. The van der Waals surface area contributed by atoms with E-state index < -0.39 is 0 Å². The van der Waals surface area contributed by atoms with Crippen LogP contribution in [0.4, 0.5) is 11.6 Å². The molecule has 4 N–H and O–H groups in total. The minimum atomic E-state index is -0.0619. The Morgan fingerprint density at radius 2 is 2.33 bits per heavy atom. The molecule has 0 amide bonds. The van der Waals surface area contributed by atoms with Gasteiger partial charge in [-0.05, 0) is 6.42 Å². The molecule has 0 saturated carbocycles. The van der Waals surface area contributed by atoms with Crippen LogP contribution in [0.2, 0.25) is 0 Å². The van der Waals surface area contributed by atoms with Crippen LogP contribution in [0.5, 0.6) is 5.75 Å². The van der Waals surface area contributed by atoms with Crippen molar-refractivity contribution in [2.24, 2.45) is 0 Å². The van der Waals surface area contributed by atoms with Gasteiger partial charge < -0.3 is 20.9 Å². The summed E-state index contributed by atoms with van der Waals surface area (Å²) < 4.78 is 5.07. The summed E-state index contributed by atoms with van der Waals surface area (Å²) in [6.45, 7) is 1.99. The van der Waals surface area contributed by atoms with Crippen LogP contribution in [0.3, 0.4) is 0 Å². The second kappa shape index (κ2) is 5.35. The third-order valence-corrected chi connectivity index (χ3v) is 2.09. The lowest BCUT2D eigenvalue weighted by atomic mass is 10.2. The summed E-state index contributed by atoms with van der Waals surface area (Å²) >= 11 is 0. The molecule has 1 heterocycles. The average Bonchev–Trinajstić information content (AvgIpc) is 2.26. The fourth-order valence-electron chi connectivity index (χ4n) is 1.16. The number of nitrogens with two attached hydrogens (primary N) is 1. The number of anilines is 2. The van der Waals surface area contributed by atoms with Gasteiger partial charge in [0.2, 0.25) is 5.75 Å². The summed E-state index contributed by atoms with van der Waals surface area (Å²) in [6, 6.07) is -0.0619. The van der Waals surface area contributed by atoms with E-state index in [0.29, 0.717) is 11.6 Å². The van der Waals surface area contributed by atoms with E-state index in [2.05, 4.69) is 15.3 Å². The van der Waals surface area contributed by atoms with E-state index in [4.69, 9.17) is 15.6 Å². The summed E-state index contributed by atoms with van der Waals surface area (Å²) in [4.78, 5) is 7.82. The lowest BCUT2D eigenvalue weighted by Crippen LogP contribution is -2.23. The second-order valence-corrected chi connectivity index (χ2v) is 3.07. The van der Waals surface area contributed by atoms with E-state index in [-0.39, 0.29) is 18.5 Å². The molecule has 0 fully saturated rings. The van der Waals surface area contributed by atoms with Crippen LogP contribution in [-0.4, -0.2) is 34.8 Å². The van der Waals surface area contributed by atoms with Gasteiger partial charge in [0, 0.05) is 0 Å². The zero-order valence-electron chi connectivity index (χ0n) is 8.90. The number of aromatic nitrogens is 2. The average molecular weight is 212 g/mol. The van der Waals surface area contributed by atoms with Gasteiger partial charge in [-0.25, -0.2) is 9.97 Å². The lowest BCUT2D eigenvalue weighted by molar-refractivity contribution is 0.271. The molecule has 0 radical (unpaired) electrons. The Kier molecular flexibility index (Phi) is 4.11. The van der Waals surface area contributed by atoms with Crippen LogP contribution in [0.1, 0.15) is 13.3 Å². The van der Waals surface area contributed by atoms with Crippen molar-refractivity contribution in [3.63, 3.8) is 0 Å². The van der Waals surface area contributed by atoms with Gasteiger partial charge in [0.05, 0.1) is 19.8 Å². The van der Waals surface area contributed by atoms with Gasteiger partial charge >= 0.3 is 0 Å². The maximum Gasteiger partial charge on any atom is 0.203 e. The van der Waals surface area contributed by atoms with Crippen LogP contribution < -0.4 is 15.8 Å². The number of hydrogen-bond acceptors (Lipinski definition) is 6. The first-order valence-corrected chi connectivity index (χ1v) is 4.74. The molecule has 6 heteroatoms. The van der Waals surface area contributed by atoms with Crippen molar-refractivity contribution in [2.45, 2.75) is 19.4 Å². The van der Waals surface area contributed by atoms with Gasteiger partial charge in [0.25, 0.3) is 0 Å². The number of rotatable bonds is 5. The second-order valence-electron chi connectivity index (χ2n) is 3.07. The van der Waals surface area contributed by atoms with Gasteiger partial charge in [-0.15, -0.1) is 0 Å². The van der Waals surface area contributed by atoms with Crippen molar-refractivity contribution in [3.05, 3.63) is 6.33 Å². The molecule has 0 spiro atoms. The molecule has 15 heavy (non-hydrogen) atoms. The zero-order valence-corrected chi connectivity index (χ0v) is 8.90. The van der Waals surface area contributed by atoms with Crippen molar-refractivity contribution < 1.29 is 9.84 Å². The van der Waals surface area contributed by atoms with Crippen molar-refractivity contribution in [3.8, 4) is 5.75 Å². The Morgan fingerprint density at radius 1 is 1.60 bits per heavy atom. The Hall–Kier alpha value is -1.56. The van der Waals surface area contributed by atoms with Crippen LogP contribution in [0.15, 0.2) is 6.33 Å². The van der Waals surface area contributed by atoms with E-state index in [1.165, 1.54) is 13.4 Å². The topological polar surface area (TPSA) is 93.3 Å². The smallest absolute Gasteiger partial charge is 0.203 e. The molecule has 1 unspecified atom stereocenters. The molecule has 0 aliphatic rings. The number of nitrogens with zero attached hydrogens (tertiary/aromatic N) is 2. The first-order chi connectivity index (χ1) is 7.22. The van der Waals surface area contributed by atoms with Gasteiger partial charge in [0.1, 0.15) is 6.33 Å². The first kappa shape index (κ1) is 11.5. The Morgan fingerprint density at radius 3 is 2.87 bits per heavy atom. The number of nitrogen functional groups attached to an aromatic ring is 1. The SMILES string of the molecule is CCC(CO)Nc1ncnc(N)c1OC.